The molecule has 0 atom stereocenters. The first-order valence-electron chi connectivity index (χ1n) is 12.2. The first kappa shape index (κ1) is 26.0. The van der Waals surface area contributed by atoms with Crippen molar-refractivity contribution in [1.29, 1.82) is 0 Å². The molecule has 0 N–H and O–H groups in total. The third-order valence-electron chi connectivity index (χ3n) is 6.04. The van der Waals surface area contributed by atoms with Crippen molar-refractivity contribution in [3.63, 3.8) is 0 Å². The second-order valence-corrected chi connectivity index (χ2v) is 10.4. The predicted octanol–water partition coefficient (Wildman–Crippen LogP) is 8.57. The summed E-state index contributed by atoms with van der Waals surface area (Å²) in [6.07, 6.45) is 7.14. The van der Waals surface area contributed by atoms with Crippen LogP contribution in [-0.4, -0.2) is 31.1 Å². The third kappa shape index (κ3) is 8.22. The zero-order chi connectivity index (χ0) is 24.3. The van der Waals surface area contributed by atoms with E-state index in [-0.39, 0.29) is 0 Å². The smallest absolute Gasteiger partial charge is 0.124 e. The molecule has 3 aromatic carbocycles. The molecule has 35 heavy (non-hydrogen) atoms. The van der Waals surface area contributed by atoms with Gasteiger partial charge in [0, 0.05) is 17.1 Å². The zero-order valence-electron chi connectivity index (χ0n) is 19.9. The summed E-state index contributed by atoms with van der Waals surface area (Å²) in [5.41, 5.74) is 3.14. The Balaban J connectivity index is 1.45. The number of likely N-dealkylation sites (tertiary alicyclic amines) is 1. The average Bonchev–Trinajstić information content (AvgIpc) is 2.89. The van der Waals surface area contributed by atoms with E-state index < -0.39 is 0 Å². The molecular formula is C29H32Cl2N2OS. The molecule has 0 amide bonds. The van der Waals surface area contributed by atoms with Crippen molar-refractivity contribution in [1.82, 2.24) is 4.90 Å². The molecule has 6 heteroatoms. The minimum Gasteiger partial charge on any atom is -0.493 e. The number of hydrogen-bond donors (Lipinski definition) is 0. The van der Waals surface area contributed by atoms with Crippen molar-refractivity contribution in [2.24, 2.45) is 0 Å². The highest BCUT2D eigenvalue weighted by Crippen LogP contribution is 2.36. The van der Waals surface area contributed by atoms with Crippen molar-refractivity contribution in [2.45, 2.75) is 32.2 Å². The van der Waals surface area contributed by atoms with E-state index in [4.69, 9.17) is 27.9 Å². The van der Waals surface area contributed by atoms with Gasteiger partial charge in [-0.05, 0) is 85.6 Å². The number of hydrogen-bond acceptors (Lipinski definition) is 4. The molecular weight excluding hydrogens is 495 g/mol. The van der Waals surface area contributed by atoms with Crippen LogP contribution >= 0.6 is 35.1 Å². The number of halogens is 2. The number of piperidine rings is 1. The molecule has 1 aliphatic heterocycles. The SMILES string of the molecule is Clc1ccc(Cl)c(N(Cc2ccccc2OCCCN2CCCCC2)S/C=C/c2ccccc2)c1. The Bertz CT molecular complexity index is 1090. The molecule has 1 saturated heterocycles. The number of anilines is 1. The topological polar surface area (TPSA) is 15.7 Å². The number of rotatable bonds is 11. The Labute approximate surface area is 223 Å². The Morgan fingerprint density at radius 2 is 1.69 bits per heavy atom. The summed E-state index contributed by atoms with van der Waals surface area (Å²) in [6.45, 7) is 4.89. The molecule has 3 aromatic rings. The molecule has 0 radical (unpaired) electrons. The van der Waals surface area contributed by atoms with Crippen molar-refractivity contribution < 1.29 is 4.74 Å². The van der Waals surface area contributed by atoms with Crippen LogP contribution < -0.4 is 9.04 Å². The van der Waals surface area contributed by atoms with Crippen LogP contribution in [0.25, 0.3) is 6.08 Å². The van der Waals surface area contributed by atoms with E-state index in [1.54, 1.807) is 11.9 Å². The Kier molecular flexibility index (Phi) is 10.3. The summed E-state index contributed by atoms with van der Waals surface area (Å²) in [5, 5.41) is 3.40. The van der Waals surface area contributed by atoms with E-state index in [1.165, 1.54) is 32.4 Å². The van der Waals surface area contributed by atoms with Crippen LogP contribution in [0.1, 0.15) is 36.8 Å². The highest BCUT2D eigenvalue weighted by molar-refractivity contribution is 8.03. The Morgan fingerprint density at radius 1 is 0.914 bits per heavy atom. The van der Waals surface area contributed by atoms with E-state index >= 15 is 0 Å². The Morgan fingerprint density at radius 3 is 2.51 bits per heavy atom. The predicted molar refractivity (Wildman–Crippen MR) is 153 cm³/mol. The molecule has 4 rings (SSSR count). The van der Waals surface area contributed by atoms with E-state index in [9.17, 15) is 0 Å². The molecule has 3 nitrogen and oxygen atoms in total. The monoisotopic (exact) mass is 526 g/mol. The van der Waals surface area contributed by atoms with Gasteiger partial charge in [-0.2, -0.15) is 0 Å². The molecule has 1 heterocycles. The lowest BCUT2D eigenvalue weighted by Gasteiger charge is -2.26. The van der Waals surface area contributed by atoms with Gasteiger partial charge >= 0.3 is 0 Å². The van der Waals surface area contributed by atoms with Gasteiger partial charge in [-0.25, -0.2) is 0 Å². The molecule has 0 saturated carbocycles. The summed E-state index contributed by atoms with van der Waals surface area (Å²) in [5.74, 6) is 0.918. The average molecular weight is 528 g/mol. The standard InChI is InChI=1S/C29H32Cl2N2OS/c30-26-14-15-27(31)28(22-26)33(35-21-16-24-10-3-1-4-11-24)23-25-12-5-6-13-29(25)34-20-9-19-32-17-7-2-8-18-32/h1,3-6,10-16,21-22H,2,7-9,17-20,23H2/b21-16+. The first-order chi connectivity index (χ1) is 17.2. The second-order valence-electron chi connectivity index (χ2n) is 8.66. The van der Waals surface area contributed by atoms with Crippen LogP contribution in [0.3, 0.4) is 0 Å². The lowest BCUT2D eigenvalue weighted by Crippen LogP contribution is -2.31. The highest BCUT2D eigenvalue weighted by atomic mass is 35.5. The van der Waals surface area contributed by atoms with Crippen molar-refractivity contribution >= 4 is 46.9 Å². The van der Waals surface area contributed by atoms with E-state index in [0.717, 1.165) is 35.5 Å². The molecule has 1 aliphatic rings. The van der Waals surface area contributed by atoms with E-state index in [0.29, 0.717) is 23.2 Å². The quantitative estimate of drug-likeness (QED) is 0.183. The van der Waals surface area contributed by atoms with Crippen molar-refractivity contribution in [3.05, 3.63) is 99.4 Å². The van der Waals surface area contributed by atoms with Crippen LogP contribution in [0.2, 0.25) is 10.0 Å². The van der Waals surface area contributed by atoms with Crippen LogP contribution in [0.4, 0.5) is 5.69 Å². The maximum Gasteiger partial charge on any atom is 0.124 e. The first-order valence-corrected chi connectivity index (χ1v) is 13.8. The van der Waals surface area contributed by atoms with Gasteiger partial charge < -0.3 is 13.9 Å². The summed E-state index contributed by atoms with van der Waals surface area (Å²) in [6, 6.07) is 24.1. The van der Waals surface area contributed by atoms with Crippen LogP contribution in [-0.2, 0) is 6.54 Å². The summed E-state index contributed by atoms with van der Waals surface area (Å²) >= 11 is 14.5. The van der Waals surface area contributed by atoms with Crippen LogP contribution in [0.15, 0.2) is 78.2 Å². The molecule has 0 aliphatic carbocycles. The third-order valence-corrected chi connectivity index (χ3v) is 7.43. The Hall–Kier alpha value is -2.11. The van der Waals surface area contributed by atoms with Gasteiger partial charge in [-0.1, -0.05) is 78.2 Å². The highest BCUT2D eigenvalue weighted by Gasteiger charge is 2.15. The van der Waals surface area contributed by atoms with Gasteiger partial charge in [-0.15, -0.1) is 0 Å². The lowest BCUT2D eigenvalue weighted by atomic mass is 10.1. The van der Waals surface area contributed by atoms with Gasteiger partial charge in [0.1, 0.15) is 5.75 Å². The zero-order valence-corrected chi connectivity index (χ0v) is 22.2. The fourth-order valence-corrected chi connectivity index (χ4v) is 5.47. The molecule has 0 bridgehead atoms. The van der Waals surface area contributed by atoms with Crippen molar-refractivity contribution in [2.75, 3.05) is 30.5 Å². The van der Waals surface area contributed by atoms with Crippen molar-refractivity contribution in [3.8, 4) is 5.75 Å². The number of benzene rings is 3. The normalized spacial score (nSPS) is 14.3. The fraction of sp³-hybridized carbons (Fsp3) is 0.310. The maximum atomic E-state index is 6.60. The van der Waals surface area contributed by atoms with Gasteiger partial charge in [-0.3, -0.25) is 0 Å². The minimum absolute atomic E-state index is 0.631. The summed E-state index contributed by atoms with van der Waals surface area (Å²) in [4.78, 5) is 2.55. The van der Waals surface area contributed by atoms with Gasteiger partial charge in [0.15, 0.2) is 0 Å². The van der Waals surface area contributed by atoms with E-state index in [2.05, 4.69) is 51.0 Å². The molecule has 1 fully saturated rings. The van der Waals surface area contributed by atoms with Gasteiger partial charge in [0.2, 0.25) is 0 Å². The molecule has 184 valence electrons. The second kappa shape index (κ2) is 13.8. The molecule has 0 unspecified atom stereocenters. The largest absolute Gasteiger partial charge is 0.493 e. The summed E-state index contributed by atoms with van der Waals surface area (Å²) in [7, 11) is 0. The number of ether oxygens (including phenoxy) is 1. The number of para-hydroxylation sites is 1. The number of nitrogens with zero attached hydrogens (tertiary/aromatic N) is 2. The summed E-state index contributed by atoms with van der Waals surface area (Å²) < 4.78 is 8.41. The van der Waals surface area contributed by atoms with E-state index in [1.807, 2.05) is 42.5 Å². The van der Waals surface area contributed by atoms with Crippen LogP contribution in [0.5, 0.6) is 5.75 Å². The molecule has 0 aromatic heterocycles. The maximum absolute atomic E-state index is 6.60. The van der Waals surface area contributed by atoms with Gasteiger partial charge in [0.25, 0.3) is 0 Å². The minimum atomic E-state index is 0.631. The van der Waals surface area contributed by atoms with Crippen LogP contribution in [0, 0.1) is 0 Å². The van der Waals surface area contributed by atoms with Gasteiger partial charge in [0.05, 0.1) is 23.9 Å². The fourth-order valence-electron chi connectivity index (χ4n) is 4.19. The lowest BCUT2D eigenvalue weighted by molar-refractivity contribution is 0.204. The molecule has 0 spiro atoms.